The van der Waals surface area contributed by atoms with Gasteiger partial charge in [-0.25, -0.2) is 0 Å². The van der Waals surface area contributed by atoms with E-state index in [1.165, 1.54) is 0 Å². The van der Waals surface area contributed by atoms with Crippen molar-refractivity contribution in [3.8, 4) is 0 Å². The van der Waals surface area contributed by atoms with Crippen LogP contribution in [0.5, 0.6) is 0 Å². The molecule has 5 heteroatoms. The van der Waals surface area contributed by atoms with Gasteiger partial charge in [-0.3, -0.25) is 0 Å². The molecule has 0 aromatic carbocycles. The highest BCUT2D eigenvalue weighted by Gasteiger charge is 2.42. The van der Waals surface area contributed by atoms with Gasteiger partial charge in [-0.15, -0.1) is 0 Å². The highest BCUT2D eigenvalue weighted by atomic mass is 19.4. The number of nitrogens with one attached hydrogen (secondary N) is 1. The van der Waals surface area contributed by atoms with Crippen LogP contribution >= 0.6 is 0 Å². The second-order valence-corrected chi connectivity index (χ2v) is 5.77. The number of hydrogen-bond donors (Lipinski definition) is 2. The fraction of sp³-hybridized carbons (Fsp3) is 1.00. The summed E-state index contributed by atoms with van der Waals surface area (Å²) in [5.74, 6) is -1.13. The minimum absolute atomic E-state index is 0.00520. The summed E-state index contributed by atoms with van der Waals surface area (Å²) in [7, 11) is 0. The number of aliphatic hydroxyl groups excluding tert-OH is 1. The molecule has 0 aromatic rings. The Hall–Kier alpha value is -0.290. The molecule has 18 heavy (non-hydrogen) atoms. The molecular weight excluding hydrogens is 243 g/mol. The molecule has 0 radical (unpaired) electrons. The van der Waals surface area contributed by atoms with Crippen molar-refractivity contribution in [1.82, 2.24) is 5.32 Å². The van der Waals surface area contributed by atoms with E-state index in [4.69, 9.17) is 0 Å². The maximum atomic E-state index is 12.7. The Morgan fingerprint density at radius 2 is 1.56 bits per heavy atom. The molecule has 2 fully saturated rings. The lowest BCUT2D eigenvalue weighted by molar-refractivity contribution is -0.184. The van der Waals surface area contributed by atoms with Gasteiger partial charge in [0.25, 0.3) is 0 Å². The van der Waals surface area contributed by atoms with Gasteiger partial charge in [0.15, 0.2) is 0 Å². The van der Waals surface area contributed by atoms with Gasteiger partial charge in [-0.2, -0.15) is 13.2 Å². The molecule has 0 spiro atoms. The van der Waals surface area contributed by atoms with Crippen LogP contribution in [0.2, 0.25) is 0 Å². The zero-order valence-corrected chi connectivity index (χ0v) is 10.5. The summed E-state index contributed by atoms with van der Waals surface area (Å²) in [6.07, 6.45) is 1.08. The highest BCUT2D eigenvalue weighted by molar-refractivity contribution is 4.86. The summed E-state index contributed by atoms with van der Waals surface area (Å²) in [5.41, 5.74) is 0. The summed E-state index contributed by atoms with van der Waals surface area (Å²) >= 11 is 0. The van der Waals surface area contributed by atoms with E-state index in [0.29, 0.717) is 12.5 Å². The predicted molar refractivity (Wildman–Crippen MR) is 63.2 cm³/mol. The molecule has 0 heterocycles. The smallest absolute Gasteiger partial charge is 0.391 e. The van der Waals surface area contributed by atoms with Crippen molar-refractivity contribution in [1.29, 1.82) is 0 Å². The Morgan fingerprint density at radius 3 is 2.17 bits per heavy atom. The number of halogens is 3. The van der Waals surface area contributed by atoms with Crippen molar-refractivity contribution in [2.45, 2.75) is 75.7 Å². The van der Waals surface area contributed by atoms with Crippen molar-refractivity contribution in [2.75, 3.05) is 0 Å². The minimum Gasteiger partial charge on any atom is -0.393 e. The maximum Gasteiger partial charge on any atom is 0.391 e. The number of rotatable bonds is 2. The number of alkyl halides is 3. The van der Waals surface area contributed by atoms with E-state index in [-0.39, 0.29) is 25.0 Å². The predicted octanol–water partition coefficient (Wildman–Crippen LogP) is 3.00. The molecule has 2 unspecified atom stereocenters. The SMILES string of the molecule is OC1CCC(NC2CCCC(C(F)(F)F)C2)CC1. The Balaban J connectivity index is 1.79. The van der Waals surface area contributed by atoms with Gasteiger partial charge in [0.05, 0.1) is 12.0 Å². The fourth-order valence-corrected chi connectivity index (χ4v) is 3.21. The summed E-state index contributed by atoms with van der Waals surface area (Å²) in [6.45, 7) is 0. The molecule has 0 saturated heterocycles. The molecule has 0 aliphatic heterocycles. The van der Waals surface area contributed by atoms with E-state index in [1.54, 1.807) is 0 Å². The average Bonchev–Trinajstić information content (AvgIpc) is 2.31. The van der Waals surface area contributed by atoms with Crippen LogP contribution in [-0.2, 0) is 0 Å². The summed E-state index contributed by atoms with van der Waals surface area (Å²) in [4.78, 5) is 0. The van der Waals surface area contributed by atoms with Crippen molar-refractivity contribution in [3.05, 3.63) is 0 Å². The third-order valence-corrected chi connectivity index (χ3v) is 4.31. The summed E-state index contributed by atoms with van der Waals surface area (Å²) in [6, 6.07) is 0.302. The molecule has 2 saturated carbocycles. The molecule has 2 rings (SSSR count). The van der Waals surface area contributed by atoms with Crippen LogP contribution in [0, 0.1) is 5.92 Å². The van der Waals surface area contributed by atoms with Crippen LogP contribution in [0.1, 0.15) is 51.4 Å². The van der Waals surface area contributed by atoms with Gasteiger partial charge < -0.3 is 10.4 Å². The third kappa shape index (κ3) is 3.85. The minimum atomic E-state index is -4.04. The van der Waals surface area contributed by atoms with Crippen LogP contribution in [-0.4, -0.2) is 29.5 Å². The Morgan fingerprint density at radius 1 is 0.889 bits per heavy atom. The first-order chi connectivity index (χ1) is 8.45. The van der Waals surface area contributed by atoms with E-state index >= 15 is 0 Å². The average molecular weight is 265 g/mol. The topological polar surface area (TPSA) is 32.3 Å². The van der Waals surface area contributed by atoms with Crippen LogP contribution in [0.3, 0.4) is 0 Å². The fourth-order valence-electron chi connectivity index (χ4n) is 3.21. The standard InChI is InChI=1S/C13H22F3NO/c14-13(15,16)9-2-1-3-11(8-9)17-10-4-6-12(18)7-5-10/h9-12,17-18H,1-8H2. The summed E-state index contributed by atoms with van der Waals surface area (Å²) in [5, 5.41) is 12.8. The van der Waals surface area contributed by atoms with Crippen LogP contribution in [0.4, 0.5) is 13.2 Å². The summed E-state index contributed by atoms with van der Waals surface area (Å²) < 4.78 is 38.1. The molecule has 0 amide bonds. The van der Waals surface area contributed by atoms with Gasteiger partial charge in [-0.1, -0.05) is 6.42 Å². The van der Waals surface area contributed by atoms with E-state index < -0.39 is 12.1 Å². The van der Waals surface area contributed by atoms with Crippen molar-refractivity contribution in [2.24, 2.45) is 5.92 Å². The monoisotopic (exact) mass is 265 g/mol. The van der Waals surface area contributed by atoms with Crippen LogP contribution < -0.4 is 5.32 Å². The van der Waals surface area contributed by atoms with Gasteiger partial charge in [0.1, 0.15) is 0 Å². The van der Waals surface area contributed by atoms with Crippen LogP contribution in [0.15, 0.2) is 0 Å². The van der Waals surface area contributed by atoms with E-state index in [2.05, 4.69) is 5.32 Å². The Kier molecular flexibility index (Phi) is 4.54. The molecule has 2 N–H and O–H groups in total. The molecule has 0 aromatic heterocycles. The van der Waals surface area contributed by atoms with Crippen molar-refractivity contribution in [3.63, 3.8) is 0 Å². The maximum absolute atomic E-state index is 12.7. The largest absolute Gasteiger partial charge is 0.393 e. The van der Waals surface area contributed by atoms with Crippen LogP contribution in [0.25, 0.3) is 0 Å². The lowest BCUT2D eigenvalue weighted by Crippen LogP contribution is -2.45. The first-order valence-electron chi connectivity index (χ1n) is 6.96. The quantitative estimate of drug-likeness (QED) is 0.804. The molecule has 2 atom stereocenters. The normalized spacial score (nSPS) is 38.7. The highest BCUT2D eigenvalue weighted by Crippen LogP contribution is 2.37. The second kappa shape index (κ2) is 5.78. The van der Waals surface area contributed by atoms with Gasteiger partial charge in [0, 0.05) is 12.1 Å². The van der Waals surface area contributed by atoms with Crippen molar-refractivity contribution < 1.29 is 18.3 Å². The van der Waals surface area contributed by atoms with Gasteiger partial charge in [0.2, 0.25) is 0 Å². The first-order valence-corrected chi connectivity index (χ1v) is 6.96. The third-order valence-electron chi connectivity index (χ3n) is 4.31. The molecule has 0 bridgehead atoms. The lowest BCUT2D eigenvalue weighted by Gasteiger charge is -2.35. The van der Waals surface area contributed by atoms with Gasteiger partial charge >= 0.3 is 6.18 Å². The molecule has 106 valence electrons. The van der Waals surface area contributed by atoms with E-state index in [0.717, 1.165) is 32.1 Å². The van der Waals surface area contributed by atoms with Crippen molar-refractivity contribution >= 4 is 0 Å². The molecular formula is C13H22F3NO. The zero-order chi connectivity index (χ0) is 13.2. The van der Waals surface area contributed by atoms with E-state index in [9.17, 15) is 18.3 Å². The first kappa shape index (κ1) is 14.1. The zero-order valence-electron chi connectivity index (χ0n) is 10.5. The second-order valence-electron chi connectivity index (χ2n) is 5.77. The number of hydrogen-bond acceptors (Lipinski definition) is 2. The van der Waals surface area contributed by atoms with Gasteiger partial charge in [-0.05, 0) is 44.9 Å². The Labute approximate surface area is 106 Å². The molecule has 2 aliphatic carbocycles. The molecule has 2 aliphatic rings. The molecule has 2 nitrogen and oxygen atoms in total. The van der Waals surface area contributed by atoms with E-state index in [1.807, 2.05) is 0 Å². The number of aliphatic hydroxyl groups is 1. The Bertz CT molecular complexity index is 261. The lowest BCUT2D eigenvalue weighted by atomic mass is 9.84.